The highest BCUT2D eigenvalue weighted by Crippen LogP contribution is 2.48. The van der Waals surface area contributed by atoms with Gasteiger partial charge in [-0.2, -0.15) is 0 Å². The van der Waals surface area contributed by atoms with Gasteiger partial charge in [-0.25, -0.2) is 0 Å². The van der Waals surface area contributed by atoms with E-state index in [1.807, 2.05) is 0 Å². The van der Waals surface area contributed by atoms with Crippen LogP contribution in [0.4, 0.5) is 0 Å². The van der Waals surface area contributed by atoms with Gasteiger partial charge in [-0.15, -0.1) is 0 Å². The summed E-state index contributed by atoms with van der Waals surface area (Å²) in [6.45, 7) is 14.1. The van der Waals surface area contributed by atoms with Crippen molar-refractivity contribution < 1.29 is 0 Å². The van der Waals surface area contributed by atoms with Crippen LogP contribution < -0.4 is 0 Å². The molecule has 0 nitrogen and oxygen atoms in total. The Hall–Kier alpha value is -2.86. The van der Waals surface area contributed by atoms with E-state index in [2.05, 4.69) is 114 Å². The average Bonchev–Trinajstić information content (AvgIpc) is 2.70. The second kappa shape index (κ2) is 6.32. The molecule has 0 heteroatoms. The van der Waals surface area contributed by atoms with Crippen LogP contribution in [-0.2, 0) is 10.8 Å². The van der Waals surface area contributed by atoms with Gasteiger partial charge in [-0.1, -0.05) is 114 Å². The Balaban J connectivity index is 2.29. The van der Waals surface area contributed by atoms with Gasteiger partial charge in [0, 0.05) is 0 Å². The van der Waals surface area contributed by atoms with Crippen molar-refractivity contribution in [2.45, 2.75) is 52.4 Å². The van der Waals surface area contributed by atoms with Gasteiger partial charge in [0.25, 0.3) is 0 Å². The quantitative estimate of drug-likeness (QED) is 0.183. The van der Waals surface area contributed by atoms with Gasteiger partial charge in [0.15, 0.2) is 0 Å². The largest absolute Gasteiger partial charge is 0.0616 e. The fraction of sp³-hybridized carbons (Fsp3) is 0.267. The lowest BCUT2D eigenvalue weighted by molar-refractivity contribution is 0.594. The SMILES string of the molecule is CC(C)(C)c1c2ccccc2c(C(C)(C)C)c2c3ccccc3c3ccccc3c12. The van der Waals surface area contributed by atoms with Crippen LogP contribution in [0.5, 0.6) is 0 Å². The fourth-order valence-corrected chi connectivity index (χ4v) is 5.41. The van der Waals surface area contributed by atoms with Crippen molar-refractivity contribution in [3.05, 3.63) is 83.9 Å². The van der Waals surface area contributed by atoms with E-state index in [9.17, 15) is 0 Å². The molecule has 0 unspecified atom stereocenters. The van der Waals surface area contributed by atoms with Crippen molar-refractivity contribution >= 4 is 43.1 Å². The van der Waals surface area contributed by atoms with Crippen molar-refractivity contribution in [2.24, 2.45) is 0 Å². The minimum Gasteiger partial charge on any atom is -0.0616 e. The highest BCUT2D eigenvalue weighted by molar-refractivity contribution is 6.30. The van der Waals surface area contributed by atoms with Crippen LogP contribution in [0.15, 0.2) is 72.8 Å². The highest BCUT2D eigenvalue weighted by Gasteiger charge is 2.29. The number of fused-ring (bicyclic) bond motifs is 7. The van der Waals surface area contributed by atoms with E-state index in [0.717, 1.165) is 0 Å². The summed E-state index contributed by atoms with van der Waals surface area (Å²) in [5.41, 5.74) is 2.98. The lowest BCUT2D eigenvalue weighted by Crippen LogP contribution is -2.18. The first-order chi connectivity index (χ1) is 14.2. The Morgan fingerprint density at radius 1 is 0.367 bits per heavy atom. The fourth-order valence-electron chi connectivity index (χ4n) is 5.41. The Labute approximate surface area is 179 Å². The van der Waals surface area contributed by atoms with Crippen LogP contribution in [0.2, 0.25) is 0 Å². The van der Waals surface area contributed by atoms with Crippen molar-refractivity contribution in [3.63, 3.8) is 0 Å². The summed E-state index contributed by atoms with van der Waals surface area (Å²) < 4.78 is 0. The molecule has 5 aromatic carbocycles. The normalized spacial score (nSPS) is 13.0. The zero-order valence-electron chi connectivity index (χ0n) is 18.9. The van der Waals surface area contributed by atoms with E-state index in [1.54, 1.807) is 0 Å². The summed E-state index contributed by atoms with van der Waals surface area (Å²) in [5, 5.41) is 11.1. The summed E-state index contributed by atoms with van der Waals surface area (Å²) in [5.74, 6) is 0. The molecule has 5 aromatic rings. The Bertz CT molecular complexity index is 1320. The topological polar surface area (TPSA) is 0 Å². The maximum atomic E-state index is 2.36. The molecular formula is C30H30. The predicted octanol–water partition coefficient (Wildman–Crippen LogP) is 8.89. The average molecular weight is 391 g/mol. The molecule has 0 fully saturated rings. The zero-order valence-corrected chi connectivity index (χ0v) is 18.9. The van der Waals surface area contributed by atoms with Crippen molar-refractivity contribution in [1.82, 2.24) is 0 Å². The molecular weight excluding hydrogens is 360 g/mol. The first-order valence-corrected chi connectivity index (χ1v) is 11.0. The van der Waals surface area contributed by atoms with Gasteiger partial charge in [-0.05, 0) is 65.0 Å². The molecule has 0 atom stereocenters. The highest BCUT2D eigenvalue weighted by atomic mass is 14.3. The number of benzene rings is 5. The standard InChI is InChI=1S/C30H30/c1-29(2,3)27-23-17-11-12-18-24(23)28(30(4,5)6)26-22-16-10-8-14-20(22)19-13-7-9-15-21(19)25(26)27/h7-18H,1-6H3. The molecule has 0 aliphatic carbocycles. The van der Waals surface area contributed by atoms with Crippen molar-refractivity contribution in [1.29, 1.82) is 0 Å². The minimum atomic E-state index is 0.0273. The molecule has 0 heterocycles. The first-order valence-electron chi connectivity index (χ1n) is 11.0. The van der Waals surface area contributed by atoms with Gasteiger partial charge in [0.2, 0.25) is 0 Å². The maximum absolute atomic E-state index is 2.36. The molecule has 0 aliphatic heterocycles. The van der Waals surface area contributed by atoms with Crippen molar-refractivity contribution in [2.75, 3.05) is 0 Å². The Morgan fingerprint density at radius 3 is 0.933 bits per heavy atom. The van der Waals surface area contributed by atoms with Crippen LogP contribution in [0.25, 0.3) is 43.1 Å². The molecule has 0 amide bonds. The first kappa shape index (κ1) is 19.1. The van der Waals surface area contributed by atoms with E-state index < -0.39 is 0 Å². The lowest BCUT2D eigenvalue weighted by Gasteiger charge is -2.31. The predicted molar refractivity (Wildman–Crippen MR) is 134 cm³/mol. The Morgan fingerprint density at radius 2 is 0.633 bits per heavy atom. The van der Waals surface area contributed by atoms with Crippen LogP contribution in [-0.4, -0.2) is 0 Å². The van der Waals surface area contributed by atoms with Gasteiger partial charge >= 0.3 is 0 Å². The second-order valence-corrected chi connectivity index (χ2v) is 10.6. The molecule has 30 heavy (non-hydrogen) atoms. The third kappa shape index (κ3) is 2.67. The van der Waals surface area contributed by atoms with E-state index in [1.165, 1.54) is 54.2 Å². The smallest absolute Gasteiger partial charge is 0.00521 e. The van der Waals surface area contributed by atoms with Crippen LogP contribution in [0, 0.1) is 0 Å². The maximum Gasteiger partial charge on any atom is -0.00521 e. The zero-order chi connectivity index (χ0) is 21.3. The molecule has 0 radical (unpaired) electrons. The number of hydrogen-bond acceptors (Lipinski definition) is 0. The summed E-state index contributed by atoms with van der Waals surface area (Å²) in [6, 6.07) is 27.0. The number of rotatable bonds is 0. The third-order valence-electron chi connectivity index (χ3n) is 6.40. The van der Waals surface area contributed by atoms with E-state index >= 15 is 0 Å². The van der Waals surface area contributed by atoms with E-state index in [4.69, 9.17) is 0 Å². The molecule has 0 N–H and O–H groups in total. The van der Waals surface area contributed by atoms with Gasteiger partial charge in [0.05, 0.1) is 0 Å². The summed E-state index contributed by atoms with van der Waals surface area (Å²) in [6.07, 6.45) is 0. The summed E-state index contributed by atoms with van der Waals surface area (Å²) >= 11 is 0. The molecule has 0 saturated heterocycles. The second-order valence-electron chi connectivity index (χ2n) is 10.6. The molecule has 0 saturated carbocycles. The van der Waals surface area contributed by atoms with E-state index in [-0.39, 0.29) is 10.8 Å². The molecule has 0 bridgehead atoms. The third-order valence-corrected chi connectivity index (χ3v) is 6.40. The van der Waals surface area contributed by atoms with Gasteiger partial charge in [-0.3, -0.25) is 0 Å². The molecule has 0 spiro atoms. The summed E-state index contributed by atoms with van der Waals surface area (Å²) in [7, 11) is 0. The Kier molecular flexibility index (Phi) is 4.03. The molecule has 5 rings (SSSR count). The molecule has 150 valence electrons. The van der Waals surface area contributed by atoms with Crippen LogP contribution in [0.1, 0.15) is 52.7 Å². The van der Waals surface area contributed by atoms with E-state index in [0.29, 0.717) is 0 Å². The van der Waals surface area contributed by atoms with Gasteiger partial charge < -0.3 is 0 Å². The lowest BCUT2D eigenvalue weighted by atomic mass is 9.72. The van der Waals surface area contributed by atoms with Gasteiger partial charge in [0.1, 0.15) is 0 Å². The molecule has 0 aliphatic rings. The van der Waals surface area contributed by atoms with Crippen LogP contribution >= 0.6 is 0 Å². The molecule has 0 aromatic heterocycles. The monoisotopic (exact) mass is 390 g/mol. The van der Waals surface area contributed by atoms with Crippen molar-refractivity contribution in [3.8, 4) is 0 Å². The van der Waals surface area contributed by atoms with Crippen LogP contribution in [0.3, 0.4) is 0 Å². The number of hydrogen-bond donors (Lipinski definition) is 0. The minimum absolute atomic E-state index is 0.0273. The summed E-state index contributed by atoms with van der Waals surface area (Å²) in [4.78, 5) is 0.